The lowest BCUT2D eigenvalue weighted by molar-refractivity contribution is -0.138. The molecule has 3 N–H and O–H groups in total. The van der Waals surface area contributed by atoms with Gasteiger partial charge in [-0.1, -0.05) is 0 Å². The van der Waals surface area contributed by atoms with Gasteiger partial charge in [0, 0.05) is 5.56 Å². The van der Waals surface area contributed by atoms with Crippen molar-refractivity contribution in [3.05, 3.63) is 17.4 Å². The molecule has 1 aromatic carbocycles. The van der Waals surface area contributed by atoms with E-state index in [1.807, 2.05) is 0 Å². The molecule has 1 unspecified atom stereocenters. The molecule has 17 heavy (non-hydrogen) atoms. The molecule has 1 heterocycles. The van der Waals surface area contributed by atoms with Crippen LogP contribution in [0.25, 0.3) is 0 Å². The third-order valence-corrected chi connectivity index (χ3v) is 2.39. The van der Waals surface area contributed by atoms with E-state index in [-0.39, 0.29) is 29.6 Å². The SMILES string of the molecule is COc1c(C(N)C(=O)O)cc2c(c1F)OCO2. The van der Waals surface area contributed by atoms with Crippen molar-refractivity contribution in [2.24, 2.45) is 5.73 Å². The first kappa shape index (κ1) is 11.5. The number of ether oxygens (including phenoxy) is 3. The molecule has 92 valence electrons. The van der Waals surface area contributed by atoms with Crippen molar-refractivity contribution < 1.29 is 28.5 Å². The van der Waals surface area contributed by atoms with E-state index in [1.165, 1.54) is 13.2 Å². The molecule has 6 nitrogen and oxygen atoms in total. The van der Waals surface area contributed by atoms with Gasteiger partial charge in [0.05, 0.1) is 7.11 Å². The molecule has 1 atom stereocenters. The molecule has 0 saturated carbocycles. The number of benzene rings is 1. The van der Waals surface area contributed by atoms with Crippen molar-refractivity contribution in [1.29, 1.82) is 0 Å². The minimum absolute atomic E-state index is 0.00162. The zero-order valence-electron chi connectivity index (χ0n) is 8.90. The van der Waals surface area contributed by atoms with Crippen LogP contribution in [0.5, 0.6) is 17.2 Å². The lowest BCUT2D eigenvalue weighted by Crippen LogP contribution is -2.21. The number of aliphatic carboxylic acids is 1. The van der Waals surface area contributed by atoms with E-state index in [0.717, 1.165) is 0 Å². The van der Waals surface area contributed by atoms with Crippen LogP contribution in [0.2, 0.25) is 0 Å². The summed E-state index contributed by atoms with van der Waals surface area (Å²) in [6, 6.07) is -0.0859. The van der Waals surface area contributed by atoms with Crippen molar-refractivity contribution in [2.75, 3.05) is 13.9 Å². The number of methoxy groups -OCH3 is 1. The summed E-state index contributed by atoms with van der Waals surface area (Å²) >= 11 is 0. The number of fused-ring (bicyclic) bond motifs is 1. The lowest BCUT2D eigenvalue weighted by Gasteiger charge is -2.14. The Morgan fingerprint density at radius 2 is 2.35 bits per heavy atom. The van der Waals surface area contributed by atoms with Gasteiger partial charge < -0.3 is 25.1 Å². The number of carbonyl (C=O) groups is 1. The Labute approximate surface area is 95.7 Å². The highest BCUT2D eigenvalue weighted by Crippen LogP contribution is 2.43. The molecule has 0 saturated heterocycles. The number of carboxylic acids is 1. The Bertz CT molecular complexity index is 476. The standard InChI is InChI=1S/C10H10FNO5/c1-15-8-4(7(12)10(13)14)2-5-9(6(8)11)17-3-16-5/h2,7H,3,12H2,1H3,(H,13,14). The maximum Gasteiger partial charge on any atom is 0.325 e. The highest BCUT2D eigenvalue weighted by molar-refractivity contribution is 5.77. The predicted octanol–water partition coefficient (Wildman–Crippen LogP) is 0.647. The topological polar surface area (TPSA) is 91.0 Å². The maximum atomic E-state index is 13.9. The zero-order valence-corrected chi connectivity index (χ0v) is 8.90. The molecule has 0 amide bonds. The molecular weight excluding hydrogens is 233 g/mol. The lowest BCUT2D eigenvalue weighted by atomic mass is 10.1. The molecule has 0 aliphatic carbocycles. The van der Waals surface area contributed by atoms with Gasteiger partial charge in [-0.3, -0.25) is 4.79 Å². The van der Waals surface area contributed by atoms with Crippen LogP contribution >= 0.6 is 0 Å². The van der Waals surface area contributed by atoms with Crippen LogP contribution in [-0.4, -0.2) is 25.0 Å². The molecule has 1 aromatic rings. The van der Waals surface area contributed by atoms with Crippen LogP contribution in [0.4, 0.5) is 4.39 Å². The van der Waals surface area contributed by atoms with Gasteiger partial charge in [0.15, 0.2) is 11.5 Å². The number of halogens is 1. The highest BCUT2D eigenvalue weighted by Gasteiger charge is 2.29. The summed E-state index contributed by atoms with van der Waals surface area (Å²) in [5.41, 5.74) is 5.44. The van der Waals surface area contributed by atoms with Crippen LogP contribution in [0, 0.1) is 5.82 Å². The van der Waals surface area contributed by atoms with Crippen LogP contribution < -0.4 is 19.9 Å². The molecule has 1 aliphatic rings. The fraction of sp³-hybridized carbons (Fsp3) is 0.300. The fourth-order valence-corrected chi connectivity index (χ4v) is 1.58. The number of hydrogen-bond donors (Lipinski definition) is 2. The Kier molecular flexibility index (Phi) is 2.76. The predicted molar refractivity (Wildman–Crippen MR) is 53.6 cm³/mol. The average molecular weight is 243 g/mol. The third-order valence-electron chi connectivity index (χ3n) is 2.39. The second kappa shape index (κ2) is 4.10. The van der Waals surface area contributed by atoms with Crippen LogP contribution in [0.1, 0.15) is 11.6 Å². The van der Waals surface area contributed by atoms with Crippen molar-refractivity contribution in [3.63, 3.8) is 0 Å². The fourth-order valence-electron chi connectivity index (χ4n) is 1.58. The average Bonchev–Trinajstić information content (AvgIpc) is 2.76. The highest BCUT2D eigenvalue weighted by atomic mass is 19.1. The second-order valence-corrected chi connectivity index (χ2v) is 3.36. The smallest absolute Gasteiger partial charge is 0.325 e. The van der Waals surface area contributed by atoms with Crippen molar-refractivity contribution in [3.8, 4) is 17.2 Å². The largest absolute Gasteiger partial charge is 0.493 e. The summed E-state index contributed by atoms with van der Waals surface area (Å²) in [6.07, 6.45) is 0. The number of hydrogen-bond acceptors (Lipinski definition) is 5. The van der Waals surface area contributed by atoms with Gasteiger partial charge >= 0.3 is 5.97 Å². The third kappa shape index (κ3) is 1.74. The molecule has 1 aliphatic heterocycles. The van der Waals surface area contributed by atoms with Gasteiger partial charge in [0.25, 0.3) is 0 Å². The van der Waals surface area contributed by atoms with E-state index < -0.39 is 17.8 Å². The monoisotopic (exact) mass is 243 g/mol. The van der Waals surface area contributed by atoms with Crippen LogP contribution in [0.3, 0.4) is 0 Å². The van der Waals surface area contributed by atoms with E-state index in [0.29, 0.717) is 0 Å². The normalized spacial score (nSPS) is 14.5. The Balaban J connectivity index is 2.59. The first-order valence-electron chi connectivity index (χ1n) is 4.70. The zero-order chi connectivity index (χ0) is 12.6. The number of nitrogens with two attached hydrogens (primary N) is 1. The van der Waals surface area contributed by atoms with Gasteiger partial charge in [-0.25, -0.2) is 0 Å². The van der Waals surface area contributed by atoms with Gasteiger partial charge in [-0.2, -0.15) is 4.39 Å². The minimum Gasteiger partial charge on any atom is -0.493 e. The molecule has 0 aromatic heterocycles. The molecule has 0 spiro atoms. The van der Waals surface area contributed by atoms with Crippen LogP contribution in [0.15, 0.2) is 6.07 Å². The first-order chi connectivity index (χ1) is 8.06. The maximum absolute atomic E-state index is 13.9. The van der Waals surface area contributed by atoms with Crippen molar-refractivity contribution in [1.82, 2.24) is 0 Å². The molecular formula is C10H10FNO5. The van der Waals surface area contributed by atoms with E-state index in [1.54, 1.807) is 0 Å². The molecule has 0 bridgehead atoms. The Hall–Kier alpha value is -2.02. The summed E-state index contributed by atoms with van der Waals surface area (Å²) in [7, 11) is 1.22. The molecule has 7 heteroatoms. The summed E-state index contributed by atoms with van der Waals surface area (Å²) < 4.78 is 28.6. The Morgan fingerprint density at radius 1 is 1.65 bits per heavy atom. The summed E-state index contributed by atoms with van der Waals surface area (Å²) in [4.78, 5) is 10.8. The number of rotatable bonds is 3. The summed E-state index contributed by atoms with van der Waals surface area (Å²) in [5, 5.41) is 8.82. The minimum atomic E-state index is -1.39. The van der Waals surface area contributed by atoms with Gasteiger partial charge in [0.2, 0.25) is 18.4 Å². The molecule has 0 radical (unpaired) electrons. The summed E-state index contributed by atoms with van der Waals surface area (Å²) in [6.45, 7) is -0.124. The van der Waals surface area contributed by atoms with Gasteiger partial charge in [-0.15, -0.1) is 0 Å². The quantitative estimate of drug-likeness (QED) is 0.809. The van der Waals surface area contributed by atoms with Gasteiger partial charge in [0.1, 0.15) is 6.04 Å². The van der Waals surface area contributed by atoms with E-state index in [4.69, 9.17) is 25.1 Å². The second-order valence-electron chi connectivity index (χ2n) is 3.36. The van der Waals surface area contributed by atoms with Gasteiger partial charge in [-0.05, 0) is 6.07 Å². The van der Waals surface area contributed by atoms with Crippen molar-refractivity contribution in [2.45, 2.75) is 6.04 Å². The first-order valence-corrected chi connectivity index (χ1v) is 4.70. The molecule has 0 fully saturated rings. The Morgan fingerprint density at radius 3 is 2.94 bits per heavy atom. The number of carboxylic acid groups (broad SMARTS) is 1. The van der Waals surface area contributed by atoms with E-state index in [2.05, 4.69) is 0 Å². The van der Waals surface area contributed by atoms with E-state index in [9.17, 15) is 9.18 Å². The molecule has 2 rings (SSSR count). The van der Waals surface area contributed by atoms with Crippen LogP contribution in [-0.2, 0) is 4.79 Å². The summed E-state index contributed by atoms with van der Waals surface area (Å²) in [5.74, 6) is -2.32. The van der Waals surface area contributed by atoms with Crippen molar-refractivity contribution >= 4 is 5.97 Å². The van der Waals surface area contributed by atoms with E-state index >= 15 is 0 Å².